The molecule has 2 aromatic carbocycles. The first-order valence-electron chi connectivity index (χ1n) is 8.67. The molecule has 160 valence electrons. The van der Waals surface area contributed by atoms with Crippen molar-refractivity contribution in [2.24, 2.45) is 0 Å². The normalized spacial score (nSPS) is 12.2. The molecule has 1 N–H and O–H groups in total. The highest BCUT2D eigenvalue weighted by molar-refractivity contribution is 7.98. The highest BCUT2D eigenvalue weighted by atomic mass is 32.2. The molecule has 0 aliphatic carbocycles. The molecule has 1 atom stereocenters. The summed E-state index contributed by atoms with van der Waals surface area (Å²) in [4.78, 5) is 34.7. The second-order valence-electron chi connectivity index (χ2n) is 6.28. The lowest BCUT2D eigenvalue weighted by atomic mass is 10.1. The second-order valence-corrected chi connectivity index (χ2v) is 8.89. The maximum Gasteiger partial charge on any atom is 0.321 e. The van der Waals surface area contributed by atoms with Gasteiger partial charge in [-0.25, -0.2) is 8.42 Å². The minimum absolute atomic E-state index is 0.307. The number of rotatable bonds is 9. The van der Waals surface area contributed by atoms with Crippen LogP contribution in [0.15, 0.2) is 52.3 Å². The molecule has 0 spiro atoms. The van der Waals surface area contributed by atoms with Gasteiger partial charge in [0.25, 0.3) is 5.69 Å². The van der Waals surface area contributed by atoms with Crippen LogP contribution >= 0.6 is 11.8 Å². The summed E-state index contributed by atoms with van der Waals surface area (Å²) in [6.45, 7) is 2.53. The molecule has 2 rings (SSSR count). The van der Waals surface area contributed by atoms with Gasteiger partial charge in [-0.2, -0.15) is 4.72 Å². The van der Waals surface area contributed by atoms with Crippen molar-refractivity contribution >= 4 is 39.2 Å². The van der Waals surface area contributed by atoms with Gasteiger partial charge in [0, 0.05) is 11.6 Å². The number of carbonyl (C=O) groups excluding carboxylic acids is 2. The van der Waals surface area contributed by atoms with E-state index in [4.69, 9.17) is 4.74 Å². The first-order valence-corrected chi connectivity index (χ1v) is 11.4. The minimum Gasteiger partial charge on any atom is -0.453 e. The number of nitro benzene ring substituents is 1. The van der Waals surface area contributed by atoms with Gasteiger partial charge in [0.2, 0.25) is 15.8 Å². The quantitative estimate of drug-likeness (QED) is 0.202. The van der Waals surface area contributed by atoms with E-state index in [-0.39, 0.29) is 10.6 Å². The molecule has 9 nitrogen and oxygen atoms in total. The molecular formula is C19H20N2O7S2. The summed E-state index contributed by atoms with van der Waals surface area (Å²) < 4.78 is 31.8. The summed E-state index contributed by atoms with van der Waals surface area (Å²) in [5.41, 5.74) is 0.976. The van der Waals surface area contributed by atoms with Gasteiger partial charge in [-0.05, 0) is 32.2 Å². The number of ether oxygens (including phenoxy) is 1. The monoisotopic (exact) mass is 452 g/mol. The number of esters is 1. The van der Waals surface area contributed by atoms with E-state index in [1.54, 1.807) is 30.5 Å². The third-order valence-corrected chi connectivity index (χ3v) is 6.26. The highest BCUT2D eigenvalue weighted by Crippen LogP contribution is 2.29. The van der Waals surface area contributed by atoms with Gasteiger partial charge >= 0.3 is 5.97 Å². The number of nitrogens with one attached hydrogen (secondary N) is 1. The van der Waals surface area contributed by atoms with Crippen LogP contribution in [-0.2, 0) is 19.6 Å². The molecule has 2 aromatic rings. The van der Waals surface area contributed by atoms with E-state index in [0.29, 0.717) is 10.5 Å². The van der Waals surface area contributed by atoms with E-state index in [0.717, 1.165) is 23.4 Å². The van der Waals surface area contributed by atoms with Crippen molar-refractivity contribution in [1.29, 1.82) is 0 Å². The van der Waals surface area contributed by atoms with E-state index < -0.39 is 39.3 Å². The molecule has 0 aliphatic heterocycles. The van der Waals surface area contributed by atoms with Gasteiger partial charge in [0.15, 0.2) is 6.10 Å². The number of ketones is 1. The summed E-state index contributed by atoms with van der Waals surface area (Å²) in [5, 5.41) is 11.1. The molecule has 0 amide bonds. The van der Waals surface area contributed by atoms with Gasteiger partial charge in [0.1, 0.15) is 6.54 Å². The van der Waals surface area contributed by atoms with Crippen LogP contribution in [0, 0.1) is 17.0 Å². The summed E-state index contributed by atoms with van der Waals surface area (Å²) in [6, 6.07) is 10.2. The largest absolute Gasteiger partial charge is 0.453 e. The lowest BCUT2D eigenvalue weighted by Gasteiger charge is -2.13. The molecule has 0 aromatic heterocycles. The van der Waals surface area contributed by atoms with Crippen molar-refractivity contribution in [3.63, 3.8) is 0 Å². The van der Waals surface area contributed by atoms with Gasteiger partial charge < -0.3 is 4.74 Å². The molecule has 0 fully saturated rings. The van der Waals surface area contributed by atoms with Crippen molar-refractivity contribution in [1.82, 2.24) is 4.72 Å². The van der Waals surface area contributed by atoms with Crippen LogP contribution in [0.5, 0.6) is 0 Å². The van der Waals surface area contributed by atoms with Crippen LogP contribution in [0.25, 0.3) is 0 Å². The molecule has 0 radical (unpaired) electrons. The van der Waals surface area contributed by atoms with Crippen LogP contribution in [-0.4, -0.2) is 44.0 Å². The summed E-state index contributed by atoms with van der Waals surface area (Å²) >= 11 is 1.11. The predicted octanol–water partition coefficient (Wildman–Crippen LogP) is 2.72. The maximum atomic E-state index is 12.4. The Kier molecular flexibility index (Phi) is 7.71. The van der Waals surface area contributed by atoms with Crippen molar-refractivity contribution < 1.29 is 27.7 Å². The lowest BCUT2D eigenvalue weighted by molar-refractivity contribution is -0.387. The molecule has 0 aliphatic rings. The third-order valence-electron chi connectivity index (χ3n) is 4.08. The van der Waals surface area contributed by atoms with Crippen molar-refractivity contribution in [2.75, 3.05) is 12.8 Å². The van der Waals surface area contributed by atoms with E-state index in [2.05, 4.69) is 0 Å². The van der Waals surface area contributed by atoms with Crippen LogP contribution < -0.4 is 4.72 Å². The number of carbonyl (C=O) groups is 2. The number of thioether (sulfide) groups is 1. The molecule has 0 saturated heterocycles. The van der Waals surface area contributed by atoms with Crippen molar-refractivity contribution in [3.8, 4) is 0 Å². The Bertz CT molecular complexity index is 1070. The van der Waals surface area contributed by atoms with Gasteiger partial charge in [-0.1, -0.05) is 29.8 Å². The molecule has 11 heteroatoms. The Balaban J connectivity index is 2.02. The third kappa shape index (κ3) is 5.88. The molecule has 0 saturated carbocycles. The first kappa shape index (κ1) is 23.5. The van der Waals surface area contributed by atoms with Crippen LogP contribution in [0.2, 0.25) is 0 Å². The van der Waals surface area contributed by atoms with E-state index in [1.807, 2.05) is 11.6 Å². The molecule has 0 bridgehead atoms. The van der Waals surface area contributed by atoms with Crippen molar-refractivity contribution in [2.45, 2.75) is 29.7 Å². The summed E-state index contributed by atoms with van der Waals surface area (Å²) in [5.74, 6) is -1.38. The first-order chi connectivity index (χ1) is 14.0. The Labute approximate surface area is 178 Å². The Hall–Kier alpha value is -2.76. The number of hydrogen-bond acceptors (Lipinski definition) is 8. The zero-order valence-corrected chi connectivity index (χ0v) is 18.1. The van der Waals surface area contributed by atoms with Crippen LogP contribution in [0.4, 0.5) is 5.69 Å². The summed E-state index contributed by atoms with van der Waals surface area (Å²) in [6.07, 6.45) is 0.524. The Morgan fingerprint density at radius 1 is 1.20 bits per heavy atom. The molecule has 0 unspecified atom stereocenters. The predicted molar refractivity (Wildman–Crippen MR) is 111 cm³/mol. The number of sulfonamides is 1. The highest BCUT2D eigenvalue weighted by Gasteiger charge is 2.24. The van der Waals surface area contributed by atoms with E-state index in [1.165, 1.54) is 19.1 Å². The SMILES string of the molecule is CSc1ccc(S(=O)(=O)NCC(=O)O[C@H](C)C(=O)c2ccc(C)cc2)cc1[N+](=O)[O-]. The average molecular weight is 453 g/mol. The zero-order valence-electron chi connectivity index (χ0n) is 16.4. The fourth-order valence-electron chi connectivity index (χ4n) is 2.46. The Morgan fingerprint density at radius 2 is 1.83 bits per heavy atom. The van der Waals surface area contributed by atoms with Gasteiger partial charge in [-0.3, -0.25) is 19.7 Å². The van der Waals surface area contributed by atoms with Crippen LogP contribution in [0.3, 0.4) is 0 Å². The second kappa shape index (κ2) is 9.83. The number of hydrogen-bond donors (Lipinski definition) is 1. The smallest absolute Gasteiger partial charge is 0.321 e. The van der Waals surface area contributed by atoms with Gasteiger partial charge in [-0.15, -0.1) is 11.8 Å². The Morgan fingerprint density at radius 3 is 2.40 bits per heavy atom. The molecule has 0 heterocycles. The number of Topliss-reactive ketones (excluding diaryl/α,β-unsaturated/α-hetero) is 1. The zero-order chi connectivity index (χ0) is 22.5. The number of aryl methyl sites for hydroxylation is 1. The topological polar surface area (TPSA) is 133 Å². The van der Waals surface area contributed by atoms with Crippen molar-refractivity contribution in [3.05, 3.63) is 63.7 Å². The minimum atomic E-state index is -4.20. The standard InChI is InChI=1S/C19H20N2O7S2/c1-12-4-6-14(7-5-12)19(23)13(2)28-18(22)11-20-30(26,27)15-8-9-17(29-3)16(10-15)21(24)25/h4-10,13,20H,11H2,1-3H3/t13-/m1/s1. The molecular weight excluding hydrogens is 432 g/mol. The van der Waals surface area contributed by atoms with Crippen LogP contribution in [0.1, 0.15) is 22.8 Å². The average Bonchev–Trinajstić information content (AvgIpc) is 2.71. The number of nitrogens with zero attached hydrogens (tertiary/aromatic N) is 1. The van der Waals surface area contributed by atoms with Gasteiger partial charge in [0.05, 0.1) is 14.7 Å². The molecule has 30 heavy (non-hydrogen) atoms. The fourth-order valence-corrected chi connectivity index (χ4v) is 4.00. The number of nitro groups is 1. The maximum absolute atomic E-state index is 12.4. The fraction of sp³-hybridized carbons (Fsp3) is 0.263. The lowest BCUT2D eigenvalue weighted by Crippen LogP contribution is -2.34. The van der Waals surface area contributed by atoms with E-state index >= 15 is 0 Å². The number of benzene rings is 2. The van der Waals surface area contributed by atoms with E-state index in [9.17, 15) is 28.1 Å². The summed E-state index contributed by atoms with van der Waals surface area (Å²) in [7, 11) is -4.20.